The molecule has 1 rings (SSSR count). The monoisotopic (exact) mass is 181 g/mol. The smallest absolute Gasteiger partial charge is 0.324 e. The number of nitrogens with one attached hydrogen (secondary N) is 1. The van der Waals surface area contributed by atoms with Crippen LogP contribution in [0.2, 0.25) is 0 Å². The third-order valence-electron chi connectivity index (χ3n) is 1.89. The Balaban J connectivity index is 2.46. The van der Waals surface area contributed by atoms with E-state index < -0.39 is 6.04 Å². The molecule has 5 nitrogen and oxygen atoms in total. The highest BCUT2D eigenvalue weighted by Gasteiger charge is 2.34. The highest BCUT2D eigenvalue weighted by Crippen LogP contribution is 2.06. The summed E-state index contributed by atoms with van der Waals surface area (Å²) in [6.45, 7) is 1.98. The van der Waals surface area contributed by atoms with Gasteiger partial charge in [0.25, 0.3) is 5.91 Å². The zero-order valence-electron chi connectivity index (χ0n) is 7.41. The molecule has 5 heteroatoms. The molecule has 0 aromatic heterocycles. The van der Waals surface area contributed by atoms with Gasteiger partial charge in [-0.05, 0) is 13.3 Å². The maximum absolute atomic E-state index is 11.3. The Hall–Kier alpha value is -1.57. The number of hydrogen-bond donors (Lipinski definition) is 1. The third kappa shape index (κ3) is 1.96. The second kappa shape index (κ2) is 3.90. The topological polar surface area (TPSA) is 73.2 Å². The normalized spacial score (nSPS) is 21.5. The Labute approximate surface area is 76.3 Å². The van der Waals surface area contributed by atoms with Gasteiger partial charge in [0.05, 0.1) is 6.07 Å². The van der Waals surface area contributed by atoms with E-state index in [2.05, 4.69) is 5.32 Å². The summed E-state index contributed by atoms with van der Waals surface area (Å²) in [6, 6.07) is 1.19. The third-order valence-corrected chi connectivity index (χ3v) is 1.89. The molecule has 70 valence electrons. The van der Waals surface area contributed by atoms with E-state index >= 15 is 0 Å². The molecule has 1 atom stereocenters. The first kappa shape index (κ1) is 9.52. The van der Waals surface area contributed by atoms with Crippen LogP contribution in [0.15, 0.2) is 0 Å². The van der Waals surface area contributed by atoms with E-state index in [-0.39, 0.29) is 11.9 Å². The lowest BCUT2D eigenvalue weighted by molar-refractivity contribution is -0.127. The summed E-state index contributed by atoms with van der Waals surface area (Å²) in [6.07, 6.45) is 0.911. The Morgan fingerprint density at radius 1 is 1.62 bits per heavy atom. The average molecular weight is 181 g/mol. The minimum atomic E-state index is -0.422. The van der Waals surface area contributed by atoms with Crippen molar-refractivity contribution in [2.24, 2.45) is 0 Å². The van der Waals surface area contributed by atoms with Gasteiger partial charge in [-0.25, -0.2) is 4.79 Å². The molecule has 13 heavy (non-hydrogen) atoms. The minimum Gasteiger partial charge on any atom is -0.326 e. The Morgan fingerprint density at radius 2 is 2.31 bits per heavy atom. The molecule has 0 spiro atoms. The van der Waals surface area contributed by atoms with Crippen LogP contribution in [-0.4, -0.2) is 29.4 Å². The van der Waals surface area contributed by atoms with Gasteiger partial charge in [0.2, 0.25) is 0 Å². The van der Waals surface area contributed by atoms with E-state index in [1.807, 2.05) is 6.07 Å². The number of imide groups is 1. The van der Waals surface area contributed by atoms with Gasteiger partial charge in [-0.15, -0.1) is 0 Å². The Kier molecular flexibility index (Phi) is 2.85. The highest BCUT2D eigenvalue weighted by molar-refractivity contribution is 6.03. The van der Waals surface area contributed by atoms with Crippen molar-refractivity contribution in [3.05, 3.63) is 0 Å². The number of rotatable bonds is 3. The molecule has 1 aliphatic rings. The van der Waals surface area contributed by atoms with E-state index in [1.54, 1.807) is 6.92 Å². The zero-order valence-corrected chi connectivity index (χ0v) is 7.41. The largest absolute Gasteiger partial charge is 0.326 e. The van der Waals surface area contributed by atoms with E-state index in [9.17, 15) is 9.59 Å². The van der Waals surface area contributed by atoms with Crippen molar-refractivity contribution < 1.29 is 9.59 Å². The molecule has 3 amide bonds. The number of carbonyl (C=O) groups is 2. The van der Waals surface area contributed by atoms with E-state index in [0.29, 0.717) is 19.4 Å². The number of nitriles is 1. The summed E-state index contributed by atoms with van der Waals surface area (Å²) < 4.78 is 0. The molecular formula is C8H11N3O2. The van der Waals surface area contributed by atoms with Gasteiger partial charge in [-0.3, -0.25) is 9.69 Å². The zero-order chi connectivity index (χ0) is 9.84. The molecular weight excluding hydrogens is 170 g/mol. The Morgan fingerprint density at radius 3 is 2.77 bits per heavy atom. The lowest BCUT2D eigenvalue weighted by atomic mass is 10.3. The van der Waals surface area contributed by atoms with Crippen LogP contribution in [0.1, 0.15) is 19.8 Å². The molecule has 1 fully saturated rings. The van der Waals surface area contributed by atoms with Crippen LogP contribution in [0.4, 0.5) is 4.79 Å². The fraction of sp³-hybridized carbons (Fsp3) is 0.625. The number of nitrogens with zero attached hydrogens (tertiary/aromatic N) is 2. The van der Waals surface area contributed by atoms with Crippen molar-refractivity contribution in [2.45, 2.75) is 25.8 Å². The number of amides is 3. The first-order chi connectivity index (χ1) is 6.16. The molecule has 0 aromatic carbocycles. The summed E-state index contributed by atoms with van der Waals surface area (Å²) in [7, 11) is 0. The van der Waals surface area contributed by atoms with Crippen LogP contribution in [-0.2, 0) is 4.79 Å². The lowest BCUT2D eigenvalue weighted by Crippen LogP contribution is -2.32. The van der Waals surface area contributed by atoms with Crippen molar-refractivity contribution in [3.8, 4) is 6.07 Å². The van der Waals surface area contributed by atoms with Gasteiger partial charge in [0.15, 0.2) is 0 Å². The van der Waals surface area contributed by atoms with Crippen LogP contribution in [0, 0.1) is 11.3 Å². The molecule has 1 unspecified atom stereocenters. The molecule has 0 radical (unpaired) electrons. The molecule has 0 saturated carbocycles. The van der Waals surface area contributed by atoms with Crippen molar-refractivity contribution >= 4 is 11.9 Å². The van der Waals surface area contributed by atoms with Gasteiger partial charge in [-0.2, -0.15) is 5.26 Å². The summed E-state index contributed by atoms with van der Waals surface area (Å²) in [5, 5.41) is 10.8. The predicted octanol–water partition coefficient (Wildman–Crippen LogP) is 0.230. The van der Waals surface area contributed by atoms with Gasteiger partial charge >= 0.3 is 6.03 Å². The molecule has 0 aromatic rings. The van der Waals surface area contributed by atoms with Crippen molar-refractivity contribution in [2.75, 3.05) is 6.54 Å². The fourth-order valence-electron chi connectivity index (χ4n) is 1.19. The second-order valence-electron chi connectivity index (χ2n) is 2.92. The summed E-state index contributed by atoms with van der Waals surface area (Å²) in [5.41, 5.74) is 0. The summed E-state index contributed by atoms with van der Waals surface area (Å²) in [5.74, 6) is -0.206. The second-order valence-corrected chi connectivity index (χ2v) is 2.92. The first-order valence-electron chi connectivity index (χ1n) is 4.15. The maximum Gasteiger partial charge on any atom is 0.324 e. The van der Waals surface area contributed by atoms with Crippen LogP contribution in [0.3, 0.4) is 0 Å². The van der Waals surface area contributed by atoms with Crippen LogP contribution < -0.4 is 5.32 Å². The van der Waals surface area contributed by atoms with Crippen molar-refractivity contribution in [1.82, 2.24) is 10.2 Å². The molecule has 1 N–H and O–H groups in total. The van der Waals surface area contributed by atoms with Gasteiger partial charge < -0.3 is 5.32 Å². The molecule has 0 bridgehead atoms. The Bertz CT molecular complexity index is 269. The van der Waals surface area contributed by atoms with Gasteiger partial charge in [0, 0.05) is 13.0 Å². The number of urea groups is 1. The fourth-order valence-corrected chi connectivity index (χ4v) is 1.19. The first-order valence-corrected chi connectivity index (χ1v) is 4.15. The van der Waals surface area contributed by atoms with Crippen LogP contribution >= 0.6 is 0 Å². The quantitative estimate of drug-likeness (QED) is 0.500. The van der Waals surface area contributed by atoms with Crippen LogP contribution in [0.25, 0.3) is 0 Å². The number of unbranched alkanes of at least 4 members (excludes halogenated alkanes) is 1. The number of carbonyl (C=O) groups excluding carboxylic acids is 2. The summed E-state index contributed by atoms with van der Waals surface area (Å²) >= 11 is 0. The molecule has 1 aliphatic heterocycles. The van der Waals surface area contributed by atoms with E-state index in [0.717, 1.165) is 4.90 Å². The standard InChI is InChI=1S/C8H11N3O2/c1-6-7(12)11(8(13)10-6)5-3-2-4-9/h6H,2-3,5H2,1H3,(H,10,13). The minimum absolute atomic E-state index is 0.206. The van der Waals surface area contributed by atoms with Gasteiger partial charge in [-0.1, -0.05) is 0 Å². The highest BCUT2D eigenvalue weighted by atomic mass is 16.2. The molecule has 1 heterocycles. The SMILES string of the molecule is CC1NC(=O)N(CCCC#N)C1=O. The predicted molar refractivity (Wildman–Crippen MR) is 44.6 cm³/mol. The van der Waals surface area contributed by atoms with Crippen molar-refractivity contribution in [3.63, 3.8) is 0 Å². The summed E-state index contributed by atoms with van der Waals surface area (Å²) in [4.78, 5) is 23.5. The van der Waals surface area contributed by atoms with Crippen molar-refractivity contribution in [1.29, 1.82) is 5.26 Å². The van der Waals surface area contributed by atoms with Crippen LogP contribution in [0.5, 0.6) is 0 Å². The molecule has 0 aliphatic carbocycles. The lowest BCUT2D eigenvalue weighted by Gasteiger charge is -2.10. The van der Waals surface area contributed by atoms with Gasteiger partial charge in [0.1, 0.15) is 6.04 Å². The molecule has 1 saturated heterocycles. The maximum atomic E-state index is 11.3. The van der Waals surface area contributed by atoms with E-state index in [1.165, 1.54) is 0 Å². The van der Waals surface area contributed by atoms with E-state index in [4.69, 9.17) is 5.26 Å². The average Bonchev–Trinajstić information content (AvgIpc) is 2.32. The number of hydrogen-bond acceptors (Lipinski definition) is 3.